The molecule has 2 aliphatic rings. The summed E-state index contributed by atoms with van der Waals surface area (Å²) in [5.74, 6) is 0.0455. The van der Waals surface area contributed by atoms with Crippen molar-refractivity contribution in [3.63, 3.8) is 0 Å². The number of carbonyl (C=O) groups is 2. The summed E-state index contributed by atoms with van der Waals surface area (Å²) in [6.07, 6.45) is -0.906. The number of hydrogen-bond acceptors (Lipinski definition) is 5. The third kappa shape index (κ3) is 5.47. The van der Waals surface area contributed by atoms with Crippen LogP contribution in [0.15, 0.2) is 30.5 Å². The Labute approximate surface area is 189 Å². The summed E-state index contributed by atoms with van der Waals surface area (Å²) in [5, 5.41) is 6.61. The zero-order chi connectivity index (χ0) is 23.6. The minimum Gasteiger partial charge on any atom is -0.371 e. The van der Waals surface area contributed by atoms with E-state index >= 15 is 0 Å². The lowest BCUT2D eigenvalue weighted by atomic mass is 10.1. The smallest absolute Gasteiger partial charge is 0.371 e. The number of hydrogen-bond donors (Lipinski definition) is 1. The van der Waals surface area contributed by atoms with Crippen LogP contribution < -0.4 is 10.2 Å². The molecule has 33 heavy (non-hydrogen) atoms. The van der Waals surface area contributed by atoms with Crippen LogP contribution in [0.5, 0.6) is 0 Å². The lowest BCUT2D eigenvalue weighted by molar-refractivity contribution is -0.137. The molecular formula is C22H27F3N6O2. The molecule has 2 aliphatic heterocycles. The summed E-state index contributed by atoms with van der Waals surface area (Å²) in [4.78, 5) is 29.7. The number of anilines is 2. The number of rotatable bonds is 4. The maximum Gasteiger partial charge on any atom is 0.416 e. The number of alkyl halides is 3. The molecule has 0 radical (unpaired) electrons. The Morgan fingerprint density at radius 1 is 1.03 bits per heavy atom. The van der Waals surface area contributed by atoms with E-state index in [0.29, 0.717) is 44.2 Å². The highest BCUT2D eigenvalue weighted by Gasteiger charge is 2.32. The highest BCUT2D eigenvalue weighted by atomic mass is 19.4. The van der Waals surface area contributed by atoms with Gasteiger partial charge in [-0.15, -0.1) is 5.10 Å². The fourth-order valence-electron chi connectivity index (χ4n) is 4.29. The van der Waals surface area contributed by atoms with E-state index in [9.17, 15) is 22.8 Å². The SMILES string of the molecule is CC(=O)Nc1ccn(C(=O)N2CCN(Cc3ccc(C(F)(F)F)cc3N3CCCC3)CC2)n1. The van der Waals surface area contributed by atoms with E-state index in [4.69, 9.17) is 0 Å². The van der Waals surface area contributed by atoms with E-state index in [0.717, 1.165) is 37.6 Å². The average Bonchev–Trinajstić information content (AvgIpc) is 3.45. The first-order chi connectivity index (χ1) is 15.7. The van der Waals surface area contributed by atoms with Crippen molar-refractivity contribution in [3.05, 3.63) is 41.6 Å². The van der Waals surface area contributed by atoms with E-state index < -0.39 is 11.7 Å². The van der Waals surface area contributed by atoms with Gasteiger partial charge in [-0.3, -0.25) is 9.69 Å². The van der Waals surface area contributed by atoms with E-state index in [2.05, 4.69) is 15.3 Å². The Hall–Kier alpha value is -3.08. The molecule has 2 fully saturated rings. The highest BCUT2D eigenvalue weighted by Crippen LogP contribution is 2.35. The zero-order valence-electron chi connectivity index (χ0n) is 18.4. The molecule has 4 rings (SSSR count). The number of halogens is 3. The quantitative estimate of drug-likeness (QED) is 0.752. The largest absolute Gasteiger partial charge is 0.416 e. The van der Waals surface area contributed by atoms with Gasteiger partial charge in [0.2, 0.25) is 5.91 Å². The van der Waals surface area contributed by atoms with Crippen molar-refractivity contribution < 1.29 is 22.8 Å². The molecule has 0 bridgehead atoms. The maximum absolute atomic E-state index is 13.3. The predicted octanol–water partition coefficient (Wildman–Crippen LogP) is 3.25. The van der Waals surface area contributed by atoms with Gasteiger partial charge in [-0.2, -0.15) is 17.9 Å². The monoisotopic (exact) mass is 464 g/mol. The third-order valence-electron chi connectivity index (χ3n) is 5.99. The molecule has 0 saturated carbocycles. The molecule has 0 atom stereocenters. The van der Waals surface area contributed by atoms with Crippen molar-refractivity contribution in [2.75, 3.05) is 49.5 Å². The van der Waals surface area contributed by atoms with Crippen LogP contribution in [0.3, 0.4) is 0 Å². The fourth-order valence-corrected chi connectivity index (χ4v) is 4.29. The van der Waals surface area contributed by atoms with E-state index in [1.165, 1.54) is 23.9 Å². The molecule has 178 valence electrons. The molecule has 2 aromatic rings. The van der Waals surface area contributed by atoms with Gasteiger partial charge in [0.1, 0.15) is 0 Å². The lowest BCUT2D eigenvalue weighted by Crippen LogP contribution is -2.49. The first-order valence-corrected chi connectivity index (χ1v) is 11.0. The van der Waals surface area contributed by atoms with Crippen LogP contribution in [-0.4, -0.2) is 70.8 Å². The standard InChI is InChI=1S/C22H27F3N6O2/c1-16(32)26-20-6-9-31(27-20)21(33)30-12-10-28(11-13-30)15-17-4-5-18(22(23,24)25)14-19(17)29-7-2-3-8-29/h4-6,9,14H,2-3,7-8,10-13,15H2,1H3,(H,26,27,32). The van der Waals surface area contributed by atoms with Gasteiger partial charge in [-0.1, -0.05) is 6.07 Å². The van der Waals surface area contributed by atoms with E-state index in [1.54, 1.807) is 17.0 Å². The van der Waals surface area contributed by atoms with Gasteiger partial charge in [-0.05, 0) is 30.5 Å². The predicted molar refractivity (Wildman–Crippen MR) is 117 cm³/mol. The van der Waals surface area contributed by atoms with Crippen LogP contribution in [-0.2, 0) is 17.5 Å². The normalized spacial score (nSPS) is 17.5. The molecule has 3 heterocycles. The van der Waals surface area contributed by atoms with Crippen LogP contribution in [0.4, 0.5) is 29.5 Å². The Kier molecular flexibility index (Phi) is 6.59. The van der Waals surface area contributed by atoms with Crippen molar-refractivity contribution in [2.24, 2.45) is 0 Å². The molecule has 0 spiro atoms. The number of aromatic nitrogens is 2. The molecule has 0 unspecified atom stereocenters. The molecule has 8 nitrogen and oxygen atoms in total. The summed E-state index contributed by atoms with van der Waals surface area (Å²) in [5.41, 5.74) is 0.904. The topological polar surface area (TPSA) is 73.7 Å². The number of nitrogens with one attached hydrogen (secondary N) is 1. The number of carbonyl (C=O) groups excluding carboxylic acids is 2. The van der Waals surface area contributed by atoms with E-state index in [-0.39, 0.29) is 11.9 Å². The first kappa shape index (κ1) is 23.1. The van der Waals surface area contributed by atoms with Gasteiger partial charge in [0.25, 0.3) is 0 Å². The second-order valence-electron chi connectivity index (χ2n) is 8.41. The van der Waals surface area contributed by atoms with Gasteiger partial charge in [0.05, 0.1) is 5.56 Å². The molecule has 11 heteroatoms. The summed E-state index contributed by atoms with van der Waals surface area (Å²) in [6.45, 7) is 5.59. The number of benzene rings is 1. The number of nitrogens with zero attached hydrogens (tertiary/aromatic N) is 5. The molecule has 2 amide bonds. The Morgan fingerprint density at radius 2 is 1.73 bits per heavy atom. The van der Waals surface area contributed by atoms with Gasteiger partial charge >= 0.3 is 12.2 Å². The second-order valence-corrected chi connectivity index (χ2v) is 8.41. The molecule has 1 aromatic carbocycles. The maximum atomic E-state index is 13.3. The van der Waals surface area contributed by atoms with E-state index in [1.807, 2.05) is 4.90 Å². The van der Waals surface area contributed by atoms with Crippen LogP contribution in [0.1, 0.15) is 30.9 Å². The zero-order valence-corrected chi connectivity index (χ0v) is 18.4. The molecular weight excluding hydrogens is 437 g/mol. The van der Waals surface area contributed by atoms with Crippen molar-refractivity contribution in [3.8, 4) is 0 Å². The minimum atomic E-state index is -4.37. The van der Waals surface area contributed by atoms with Crippen molar-refractivity contribution in [1.82, 2.24) is 19.6 Å². The van der Waals surface area contributed by atoms with Crippen molar-refractivity contribution >= 4 is 23.4 Å². The Morgan fingerprint density at radius 3 is 2.36 bits per heavy atom. The van der Waals surface area contributed by atoms with Crippen LogP contribution in [0.25, 0.3) is 0 Å². The summed E-state index contributed by atoms with van der Waals surface area (Å²) >= 11 is 0. The molecule has 1 aromatic heterocycles. The van der Waals surface area contributed by atoms with Gasteiger partial charge in [0.15, 0.2) is 5.82 Å². The Balaban J connectivity index is 1.40. The van der Waals surface area contributed by atoms with Gasteiger partial charge in [-0.25, -0.2) is 4.79 Å². The molecule has 0 aliphatic carbocycles. The van der Waals surface area contributed by atoms with Crippen molar-refractivity contribution in [2.45, 2.75) is 32.5 Å². The fraction of sp³-hybridized carbons (Fsp3) is 0.500. The number of amides is 2. The third-order valence-corrected chi connectivity index (χ3v) is 5.99. The summed E-state index contributed by atoms with van der Waals surface area (Å²) in [7, 11) is 0. The lowest BCUT2D eigenvalue weighted by Gasteiger charge is -2.35. The second kappa shape index (κ2) is 9.42. The Bertz CT molecular complexity index is 1010. The van der Waals surface area contributed by atoms with Crippen LogP contribution in [0, 0.1) is 0 Å². The van der Waals surface area contributed by atoms with Gasteiger partial charge < -0.3 is 15.1 Å². The number of piperazine rings is 1. The average molecular weight is 464 g/mol. The van der Waals surface area contributed by atoms with Crippen LogP contribution in [0.2, 0.25) is 0 Å². The van der Waals surface area contributed by atoms with Crippen molar-refractivity contribution in [1.29, 1.82) is 0 Å². The summed E-state index contributed by atoms with van der Waals surface area (Å²) < 4.78 is 41.0. The summed E-state index contributed by atoms with van der Waals surface area (Å²) in [6, 6.07) is 5.28. The molecule has 1 N–H and O–H groups in total. The first-order valence-electron chi connectivity index (χ1n) is 11.0. The van der Waals surface area contributed by atoms with Gasteiger partial charge in [0, 0.05) is 70.7 Å². The minimum absolute atomic E-state index is 0.266. The molecule has 2 saturated heterocycles. The highest BCUT2D eigenvalue weighted by molar-refractivity contribution is 5.88. The van der Waals surface area contributed by atoms with Crippen LogP contribution >= 0.6 is 0 Å².